The first kappa shape index (κ1) is 13.7. The molecule has 110 valence electrons. The molecule has 0 bridgehead atoms. The van der Waals surface area contributed by atoms with Gasteiger partial charge in [0.25, 0.3) is 0 Å². The van der Waals surface area contributed by atoms with Gasteiger partial charge in [-0.25, -0.2) is 19.9 Å². The Morgan fingerprint density at radius 1 is 1.14 bits per heavy atom. The van der Waals surface area contributed by atoms with E-state index in [1.165, 1.54) is 0 Å². The van der Waals surface area contributed by atoms with E-state index in [-0.39, 0.29) is 6.04 Å². The van der Waals surface area contributed by atoms with Crippen LogP contribution in [0.4, 0.5) is 11.6 Å². The van der Waals surface area contributed by atoms with Crippen LogP contribution in [0.15, 0.2) is 18.5 Å². The molecule has 2 aromatic heterocycles. The van der Waals surface area contributed by atoms with Gasteiger partial charge in [0, 0.05) is 37.1 Å². The highest BCUT2D eigenvalue weighted by molar-refractivity contribution is 5.44. The Hall–Kier alpha value is -2.24. The van der Waals surface area contributed by atoms with Gasteiger partial charge in [0.1, 0.15) is 18.0 Å². The highest BCUT2D eigenvalue weighted by atomic mass is 15.3. The fraction of sp³-hybridized carbons (Fsp3) is 0.467. The predicted molar refractivity (Wildman–Crippen MR) is 82.4 cm³/mol. The molecule has 3 rings (SSSR count). The zero-order valence-corrected chi connectivity index (χ0v) is 12.7. The van der Waals surface area contributed by atoms with Gasteiger partial charge < -0.3 is 10.2 Å². The number of anilines is 2. The molecule has 2 aromatic rings. The standard InChI is InChI=1S/C15H20N6/c1-10-8-14(18-9-17-10)21-6-4-5-12(21)15-19-11(2)7-13(16-3)20-15/h7-9,12H,4-6H2,1-3H3,(H,16,19,20). The maximum absolute atomic E-state index is 4.63. The van der Waals surface area contributed by atoms with Crippen molar-refractivity contribution in [2.24, 2.45) is 0 Å². The molecular formula is C15H20N6. The van der Waals surface area contributed by atoms with Crippen molar-refractivity contribution in [2.75, 3.05) is 23.8 Å². The van der Waals surface area contributed by atoms with Crippen LogP contribution in [0.5, 0.6) is 0 Å². The summed E-state index contributed by atoms with van der Waals surface area (Å²) in [6, 6.07) is 4.16. The second-order valence-corrected chi connectivity index (χ2v) is 5.37. The van der Waals surface area contributed by atoms with E-state index >= 15 is 0 Å². The van der Waals surface area contributed by atoms with Crippen LogP contribution in [0, 0.1) is 13.8 Å². The van der Waals surface area contributed by atoms with Crippen LogP contribution in [0.25, 0.3) is 0 Å². The minimum atomic E-state index is 0.186. The van der Waals surface area contributed by atoms with E-state index in [1.807, 2.05) is 33.0 Å². The van der Waals surface area contributed by atoms with Gasteiger partial charge >= 0.3 is 0 Å². The highest BCUT2D eigenvalue weighted by Gasteiger charge is 2.29. The molecule has 1 aliphatic rings. The Balaban J connectivity index is 1.95. The molecule has 0 aliphatic carbocycles. The van der Waals surface area contributed by atoms with E-state index in [9.17, 15) is 0 Å². The molecule has 6 nitrogen and oxygen atoms in total. The van der Waals surface area contributed by atoms with Gasteiger partial charge in [-0.15, -0.1) is 0 Å². The number of hydrogen-bond donors (Lipinski definition) is 1. The molecule has 0 saturated carbocycles. The summed E-state index contributed by atoms with van der Waals surface area (Å²) < 4.78 is 0. The molecule has 0 amide bonds. The molecule has 1 saturated heterocycles. The van der Waals surface area contributed by atoms with Gasteiger partial charge in [-0.05, 0) is 26.7 Å². The summed E-state index contributed by atoms with van der Waals surface area (Å²) in [6.07, 6.45) is 3.80. The Bertz CT molecular complexity index is 642. The summed E-state index contributed by atoms with van der Waals surface area (Å²) in [7, 11) is 1.88. The summed E-state index contributed by atoms with van der Waals surface area (Å²) >= 11 is 0. The Labute approximate surface area is 124 Å². The third-order valence-electron chi connectivity index (χ3n) is 3.76. The van der Waals surface area contributed by atoms with Crippen molar-refractivity contribution in [3.8, 4) is 0 Å². The largest absolute Gasteiger partial charge is 0.373 e. The maximum Gasteiger partial charge on any atom is 0.153 e. The second-order valence-electron chi connectivity index (χ2n) is 5.37. The van der Waals surface area contributed by atoms with Crippen LogP contribution < -0.4 is 10.2 Å². The molecule has 1 N–H and O–H groups in total. The molecule has 0 radical (unpaired) electrons. The Kier molecular flexibility index (Phi) is 3.68. The van der Waals surface area contributed by atoms with Crippen LogP contribution in [0.1, 0.15) is 36.1 Å². The van der Waals surface area contributed by atoms with Gasteiger partial charge in [-0.1, -0.05) is 0 Å². The van der Waals surface area contributed by atoms with Gasteiger partial charge in [0.15, 0.2) is 5.82 Å². The van der Waals surface area contributed by atoms with E-state index in [0.717, 1.165) is 48.2 Å². The third kappa shape index (κ3) is 2.79. The smallest absolute Gasteiger partial charge is 0.153 e. The molecule has 1 aliphatic heterocycles. The summed E-state index contributed by atoms with van der Waals surface area (Å²) in [5.41, 5.74) is 1.96. The normalized spacial score (nSPS) is 18.0. The first-order valence-electron chi connectivity index (χ1n) is 7.26. The molecule has 0 aromatic carbocycles. The lowest BCUT2D eigenvalue weighted by molar-refractivity contribution is 0.657. The summed E-state index contributed by atoms with van der Waals surface area (Å²) in [6.45, 7) is 4.96. The fourth-order valence-corrected chi connectivity index (χ4v) is 2.78. The van der Waals surface area contributed by atoms with Crippen LogP contribution >= 0.6 is 0 Å². The van der Waals surface area contributed by atoms with Crippen molar-refractivity contribution in [2.45, 2.75) is 32.7 Å². The Morgan fingerprint density at radius 3 is 2.76 bits per heavy atom. The predicted octanol–water partition coefficient (Wildman–Crippen LogP) is 2.27. The first-order valence-corrected chi connectivity index (χ1v) is 7.26. The zero-order chi connectivity index (χ0) is 14.8. The molecule has 1 unspecified atom stereocenters. The minimum Gasteiger partial charge on any atom is -0.373 e. The van der Waals surface area contributed by atoms with Crippen molar-refractivity contribution in [3.05, 3.63) is 35.7 Å². The molecule has 3 heterocycles. The lowest BCUT2D eigenvalue weighted by Gasteiger charge is -2.25. The maximum atomic E-state index is 4.63. The third-order valence-corrected chi connectivity index (χ3v) is 3.76. The number of hydrogen-bond acceptors (Lipinski definition) is 6. The quantitative estimate of drug-likeness (QED) is 0.932. The second kappa shape index (κ2) is 5.63. The molecule has 1 atom stereocenters. The number of nitrogens with one attached hydrogen (secondary N) is 1. The lowest BCUT2D eigenvalue weighted by Crippen LogP contribution is -2.25. The van der Waals surface area contributed by atoms with Gasteiger partial charge in [0.05, 0.1) is 6.04 Å². The fourth-order valence-electron chi connectivity index (χ4n) is 2.78. The average Bonchev–Trinajstić information content (AvgIpc) is 2.96. The number of aryl methyl sites for hydroxylation is 2. The van der Waals surface area contributed by atoms with Gasteiger partial charge in [-0.3, -0.25) is 0 Å². The first-order chi connectivity index (χ1) is 10.2. The molecule has 1 fully saturated rings. The molecule has 6 heteroatoms. The van der Waals surface area contributed by atoms with Crippen molar-refractivity contribution < 1.29 is 0 Å². The monoisotopic (exact) mass is 284 g/mol. The van der Waals surface area contributed by atoms with Gasteiger partial charge in [-0.2, -0.15) is 0 Å². The molecule has 0 spiro atoms. The summed E-state index contributed by atoms with van der Waals surface area (Å²) in [5, 5.41) is 3.10. The van der Waals surface area contributed by atoms with E-state index < -0.39 is 0 Å². The summed E-state index contributed by atoms with van der Waals surface area (Å²) in [4.78, 5) is 20.1. The average molecular weight is 284 g/mol. The van der Waals surface area contributed by atoms with E-state index in [1.54, 1.807) is 6.33 Å². The highest BCUT2D eigenvalue weighted by Crippen LogP contribution is 2.34. The van der Waals surface area contributed by atoms with Crippen molar-refractivity contribution >= 4 is 11.6 Å². The van der Waals surface area contributed by atoms with Crippen molar-refractivity contribution in [1.29, 1.82) is 0 Å². The van der Waals surface area contributed by atoms with Gasteiger partial charge in [0.2, 0.25) is 0 Å². The van der Waals surface area contributed by atoms with Crippen LogP contribution in [0.3, 0.4) is 0 Å². The van der Waals surface area contributed by atoms with E-state index in [4.69, 9.17) is 0 Å². The van der Waals surface area contributed by atoms with Crippen LogP contribution in [0.2, 0.25) is 0 Å². The van der Waals surface area contributed by atoms with Crippen molar-refractivity contribution in [3.63, 3.8) is 0 Å². The van der Waals surface area contributed by atoms with Crippen LogP contribution in [-0.2, 0) is 0 Å². The van der Waals surface area contributed by atoms with E-state index in [2.05, 4.69) is 30.2 Å². The number of nitrogens with zero attached hydrogens (tertiary/aromatic N) is 5. The van der Waals surface area contributed by atoms with E-state index in [0.29, 0.717) is 0 Å². The topological polar surface area (TPSA) is 66.8 Å². The number of rotatable bonds is 3. The zero-order valence-electron chi connectivity index (χ0n) is 12.7. The van der Waals surface area contributed by atoms with Crippen molar-refractivity contribution in [1.82, 2.24) is 19.9 Å². The Morgan fingerprint density at radius 2 is 2.00 bits per heavy atom. The molecule has 21 heavy (non-hydrogen) atoms. The van der Waals surface area contributed by atoms with Crippen LogP contribution in [-0.4, -0.2) is 33.5 Å². The molecular weight excluding hydrogens is 264 g/mol. The minimum absolute atomic E-state index is 0.186. The lowest BCUT2D eigenvalue weighted by atomic mass is 10.2. The summed E-state index contributed by atoms with van der Waals surface area (Å²) in [5.74, 6) is 2.69. The number of aromatic nitrogens is 4. The SMILES string of the molecule is CNc1cc(C)nc(C2CCCN2c2cc(C)ncn2)n1.